The van der Waals surface area contributed by atoms with E-state index < -0.39 is 0 Å². The van der Waals surface area contributed by atoms with Crippen LogP contribution in [-0.2, 0) is 0 Å². The zero-order valence-electron chi connectivity index (χ0n) is 8.54. The van der Waals surface area contributed by atoms with Crippen LogP contribution in [0.2, 0.25) is 0 Å². The third-order valence-electron chi connectivity index (χ3n) is 4.09. The zero-order chi connectivity index (χ0) is 9.60. The summed E-state index contributed by atoms with van der Waals surface area (Å²) in [4.78, 5) is 0. The zero-order valence-corrected chi connectivity index (χ0v) is 9.35. The highest BCUT2D eigenvalue weighted by atomic mass is 32.2. The summed E-state index contributed by atoms with van der Waals surface area (Å²) in [5, 5.41) is 10.3. The maximum atomic E-state index is 10.3. The summed E-state index contributed by atoms with van der Waals surface area (Å²) < 4.78 is 2.31. The van der Waals surface area contributed by atoms with Crippen LogP contribution >= 0.6 is 11.8 Å². The van der Waals surface area contributed by atoms with Crippen LogP contribution in [0.5, 0.6) is 0 Å². The molecule has 0 aromatic heterocycles. The van der Waals surface area contributed by atoms with E-state index in [4.69, 9.17) is 0 Å². The van der Waals surface area contributed by atoms with Crippen molar-refractivity contribution in [2.24, 2.45) is 5.41 Å². The maximum Gasteiger partial charge on any atom is 0.342 e. The van der Waals surface area contributed by atoms with Gasteiger partial charge >= 0.3 is 5.90 Å². The van der Waals surface area contributed by atoms with Crippen molar-refractivity contribution in [1.29, 1.82) is 0 Å². The number of hydrogen-bond acceptors (Lipinski definition) is 1. The van der Waals surface area contributed by atoms with Crippen molar-refractivity contribution >= 4 is 17.7 Å². The van der Waals surface area contributed by atoms with Crippen LogP contribution in [0.1, 0.15) is 32.1 Å². The van der Waals surface area contributed by atoms with Gasteiger partial charge in [0.1, 0.15) is 12.0 Å². The number of hydrogen-bond donors (Lipinski definition) is 1. The Morgan fingerprint density at radius 2 is 2.14 bits per heavy atom. The molecule has 0 bridgehead atoms. The lowest BCUT2D eigenvalue weighted by Crippen LogP contribution is -2.54. The number of fused-ring (bicyclic) bond motifs is 1. The molecular formula is C11H18NOS+. The van der Waals surface area contributed by atoms with E-state index in [1.807, 2.05) is 11.8 Å². The lowest BCUT2D eigenvalue weighted by atomic mass is 9.79. The van der Waals surface area contributed by atoms with Crippen LogP contribution in [0, 0.1) is 5.41 Å². The van der Waals surface area contributed by atoms with Crippen molar-refractivity contribution in [1.82, 2.24) is 0 Å². The van der Waals surface area contributed by atoms with Gasteiger partial charge in [0.2, 0.25) is 0 Å². The van der Waals surface area contributed by atoms with Gasteiger partial charge in [0.15, 0.2) is 6.04 Å². The average Bonchev–Trinajstić information content (AvgIpc) is 2.16. The summed E-state index contributed by atoms with van der Waals surface area (Å²) in [6.07, 6.45) is 6.46. The average molecular weight is 212 g/mol. The van der Waals surface area contributed by atoms with Crippen molar-refractivity contribution in [3.63, 3.8) is 0 Å². The fourth-order valence-electron chi connectivity index (χ4n) is 3.06. The minimum Gasteiger partial charge on any atom is -0.463 e. The van der Waals surface area contributed by atoms with Gasteiger partial charge in [-0.05, 0) is 12.8 Å². The molecule has 0 unspecified atom stereocenters. The number of nitrogens with zero attached hydrogens (tertiary/aromatic N) is 1. The Morgan fingerprint density at radius 3 is 2.86 bits per heavy atom. The van der Waals surface area contributed by atoms with Gasteiger partial charge in [-0.15, -0.1) is 0 Å². The number of rotatable bonds is 0. The molecule has 1 spiro atoms. The highest BCUT2D eigenvalue weighted by molar-refractivity contribution is 8.00. The van der Waals surface area contributed by atoms with E-state index >= 15 is 0 Å². The third-order valence-corrected chi connectivity index (χ3v) is 5.60. The fraction of sp³-hybridized carbons (Fsp3) is 0.909. The van der Waals surface area contributed by atoms with Crippen LogP contribution in [0.4, 0.5) is 0 Å². The van der Waals surface area contributed by atoms with E-state index in [9.17, 15) is 5.11 Å². The first-order valence-corrected chi connectivity index (χ1v) is 6.88. The quantitative estimate of drug-likeness (QED) is 0.621. The molecule has 0 saturated carbocycles. The second-order valence-corrected chi connectivity index (χ2v) is 5.96. The van der Waals surface area contributed by atoms with Gasteiger partial charge in [-0.25, -0.2) is 0 Å². The summed E-state index contributed by atoms with van der Waals surface area (Å²) in [5.74, 6) is 3.05. The molecule has 14 heavy (non-hydrogen) atoms. The Kier molecular flexibility index (Phi) is 2.05. The van der Waals surface area contributed by atoms with Crippen molar-refractivity contribution in [2.75, 3.05) is 18.1 Å². The summed E-state index contributed by atoms with van der Waals surface area (Å²) >= 11 is 1.98. The SMILES string of the molecule is OC1=[N+]2CCCC[C@@H]2CCC12CSC2. The van der Waals surface area contributed by atoms with Crippen molar-refractivity contribution in [3.05, 3.63) is 0 Å². The van der Waals surface area contributed by atoms with Crippen molar-refractivity contribution < 1.29 is 9.68 Å². The number of thioether (sulfide) groups is 1. The second kappa shape index (κ2) is 3.16. The van der Waals surface area contributed by atoms with E-state index in [1.54, 1.807) is 0 Å². The molecule has 1 N–H and O–H groups in total. The molecular weight excluding hydrogens is 194 g/mol. The highest BCUT2D eigenvalue weighted by Gasteiger charge is 2.53. The molecule has 2 fully saturated rings. The van der Waals surface area contributed by atoms with E-state index in [0.29, 0.717) is 6.04 Å². The largest absolute Gasteiger partial charge is 0.463 e. The fourth-order valence-corrected chi connectivity index (χ4v) is 4.30. The molecule has 0 aromatic rings. The Hall–Kier alpha value is -0.180. The van der Waals surface area contributed by atoms with Crippen LogP contribution in [0.15, 0.2) is 0 Å². The van der Waals surface area contributed by atoms with Gasteiger partial charge in [0.25, 0.3) is 0 Å². The first kappa shape index (κ1) is 9.08. The molecule has 0 radical (unpaired) electrons. The maximum absolute atomic E-state index is 10.3. The summed E-state index contributed by atoms with van der Waals surface area (Å²) in [6, 6.07) is 0.667. The molecule has 2 saturated heterocycles. The van der Waals surface area contributed by atoms with Gasteiger partial charge in [-0.1, -0.05) is 0 Å². The minimum absolute atomic E-state index is 0.207. The van der Waals surface area contributed by atoms with Crippen LogP contribution in [0.3, 0.4) is 0 Å². The molecule has 3 heteroatoms. The molecule has 2 nitrogen and oxygen atoms in total. The van der Waals surface area contributed by atoms with E-state index in [1.165, 1.54) is 32.1 Å². The van der Waals surface area contributed by atoms with Crippen LogP contribution in [0.25, 0.3) is 0 Å². The molecule has 3 aliphatic heterocycles. The standard InChI is InChI=1S/C11H17NOS/c13-10-11(7-14-8-11)5-4-9-3-1-2-6-12(9)10/h9H,1-8H2/p+1/t9-/m1/s1. The van der Waals surface area contributed by atoms with E-state index in [0.717, 1.165) is 23.9 Å². The van der Waals surface area contributed by atoms with Gasteiger partial charge in [0, 0.05) is 30.8 Å². The first-order chi connectivity index (χ1) is 6.82. The predicted octanol–water partition coefficient (Wildman–Crippen LogP) is 2.03. The van der Waals surface area contributed by atoms with Gasteiger partial charge < -0.3 is 5.11 Å². The molecule has 3 rings (SSSR count). The minimum atomic E-state index is 0.207. The lowest BCUT2D eigenvalue weighted by molar-refractivity contribution is -0.592. The monoisotopic (exact) mass is 212 g/mol. The molecule has 0 aromatic carbocycles. The van der Waals surface area contributed by atoms with Crippen LogP contribution in [-0.4, -0.2) is 39.7 Å². The first-order valence-electron chi connectivity index (χ1n) is 5.73. The second-order valence-electron chi connectivity index (χ2n) is 4.98. The Bertz CT molecular complexity index is 283. The Labute approximate surface area is 89.4 Å². The van der Waals surface area contributed by atoms with Gasteiger partial charge in [-0.3, -0.25) is 0 Å². The molecule has 0 amide bonds. The molecule has 78 valence electrons. The van der Waals surface area contributed by atoms with Gasteiger partial charge in [0.05, 0.1) is 0 Å². The topological polar surface area (TPSA) is 23.2 Å². The lowest BCUT2D eigenvalue weighted by Gasteiger charge is -2.42. The molecule has 3 aliphatic rings. The highest BCUT2D eigenvalue weighted by Crippen LogP contribution is 2.45. The number of piperidine rings is 1. The van der Waals surface area contributed by atoms with Crippen molar-refractivity contribution in [3.8, 4) is 0 Å². The van der Waals surface area contributed by atoms with E-state index in [2.05, 4.69) is 4.58 Å². The summed E-state index contributed by atoms with van der Waals surface area (Å²) in [6.45, 7) is 1.10. The predicted molar refractivity (Wildman–Crippen MR) is 59.4 cm³/mol. The molecule has 1 atom stereocenters. The van der Waals surface area contributed by atoms with E-state index in [-0.39, 0.29) is 5.41 Å². The van der Waals surface area contributed by atoms with Gasteiger partial charge in [-0.2, -0.15) is 16.3 Å². The third kappa shape index (κ3) is 1.14. The summed E-state index contributed by atoms with van der Waals surface area (Å²) in [7, 11) is 0. The van der Waals surface area contributed by atoms with Crippen LogP contribution < -0.4 is 0 Å². The number of aliphatic hydroxyl groups is 1. The Morgan fingerprint density at radius 1 is 1.29 bits per heavy atom. The molecule has 0 aliphatic carbocycles. The number of aliphatic hydroxyl groups excluding tert-OH is 1. The molecule has 3 heterocycles. The smallest absolute Gasteiger partial charge is 0.342 e. The summed E-state index contributed by atoms with van der Waals surface area (Å²) in [5.41, 5.74) is 0.207. The van der Waals surface area contributed by atoms with Crippen molar-refractivity contribution in [2.45, 2.75) is 38.1 Å². The normalized spacial score (nSPS) is 35.3. The Balaban J connectivity index is 1.94.